The van der Waals surface area contributed by atoms with E-state index in [1.807, 2.05) is 44.2 Å². The molecular weight excluding hydrogens is 380 g/mol. The molecule has 144 valence electrons. The zero-order valence-corrected chi connectivity index (χ0v) is 17.2. The van der Waals surface area contributed by atoms with Crippen molar-refractivity contribution in [1.82, 2.24) is 4.31 Å². The highest BCUT2D eigenvalue weighted by atomic mass is 32.2. The minimum atomic E-state index is -3.48. The summed E-state index contributed by atoms with van der Waals surface area (Å²) in [7, 11) is -3.48. The highest BCUT2D eigenvalue weighted by molar-refractivity contribution is 8.00. The summed E-state index contributed by atoms with van der Waals surface area (Å²) in [5, 5.41) is 0. The molecule has 0 radical (unpaired) electrons. The van der Waals surface area contributed by atoms with E-state index in [9.17, 15) is 13.2 Å². The van der Waals surface area contributed by atoms with Crippen molar-refractivity contribution in [1.29, 1.82) is 0 Å². The monoisotopic (exact) mass is 404 g/mol. The van der Waals surface area contributed by atoms with Crippen molar-refractivity contribution < 1.29 is 13.2 Å². The maximum absolute atomic E-state index is 12.7. The van der Waals surface area contributed by atoms with E-state index >= 15 is 0 Å². The largest absolute Gasteiger partial charge is 0.311 e. The third-order valence-corrected chi connectivity index (χ3v) is 7.74. The van der Waals surface area contributed by atoms with Gasteiger partial charge in [-0.15, -0.1) is 11.8 Å². The molecule has 7 heteroatoms. The molecule has 0 aromatic heterocycles. The molecule has 1 heterocycles. The van der Waals surface area contributed by atoms with Gasteiger partial charge in [0, 0.05) is 30.2 Å². The standard InChI is InChI=1S/C20H24N2O3S2/c1-3-21(4-2)27(24,25)18-10-11-19-16(14-18)12-13-22(19)20(23)15-26-17-8-6-5-7-9-17/h5-11,14H,3-4,12-13,15H2,1-2H3. The van der Waals surface area contributed by atoms with E-state index in [4.69, 9.17) is 0 Å². The molecule has 0 atom stereocenters. The molecule has 27 heavy (non-hydrogen) atoms. The maximum Gasteiger partial charge on any atom is 0.243 e. The number of thioether (sulfide) groups is 1. The van der Waals surface area contributed by atoms with Crippen LogP contribution in [0.15, 0.2) is 58.3 Å². The van der Waals surface area contributed by atoms with E-state index in [1.165, 1.54) is 16.1 Å². The predicted molar refractivity (Wildman–Crippen MR) is 110 cm³/mol. The van der Waals surface area contributed by atoms with Crippen LogP contribution in [0.5, 0.6) is 0 Å². The first kappa shape index (κ1) is 19.9. The molecule has 0 fully saturated rings. The summed E-state index contributed by atoms with van der Waals surface area (Å²) >= 11 is 1.51. The molecule has 1 aliphatic rings. The number of amides is 1. The Morgan fingerprint density at radius 3 is 2.48 bits per heavy atom. The molecular formula is C20H24N2O3S2. The minimum absolute atomic E-state index is 0.0435. The van der Waals surface area contributed by atoms with Crippen molar-refractivity contribution >= 4 is 33.4 Å². The summed E-state index contributed by atoms with van der Waals surface area (Å²) in [6.07, 6.45) is 0.679. The fraction of sp³-hybridized carbons (Fsp3) is 0.350. The molecule has 0 saturated heterocycles. The summed E-state index contributed by atoms with van der Waals surface area (Å²) < 4.78 is 26.9. The fourth-order valence-electron chi connectivity index (χ4n) is 3.25. The van der Waals surface area contributed by atoms with Gasteiger partial charge in [0.15, 0.2) is 0 Å². The van der Waals surface area contributed by atoms with E-state index in [0.29, 0.717) is 36.7 Å². The Hall–Kier alpha value is -1.83. The van der Waals surface area contributed by atoms with Crippen molar-refractivity contribution in [3.63, 3.8) is 0 Å². The van der Waals surface area contributed by atoms with Crippen molar-refractivity contribution in [2.75, 3.05) is 30.3 Å². The van der Waals surface area contributed by atoms with Gasteiger partial charge in [-0.25, -0.2) is 8.42 Å². The van der Waals surface area contributed by atoms with Crippen LogP contribution in [0, 0.1) is 0 Å². The van der Waals surface area contributed by atoms with Crippen LogP contribution in [0.3, 0.4) is 0 Å². The molecule has 2 aromatic rings. The highest BCUT2D eigenvalue weighted by Crippen LogP contribution is 2.32. The molecule has 3 rings (SSSR count). The number of hydrogen-bond acceptors (Lipinski definition) is 4. The van der Waals surface area contributed by atoms with Crippen molar-refractivity contribution in [2.45, 2.75) is 30.1 Å². The molecule has 2 aromatic carbocycles. The van der Waals surface area contributed by atoms with Gasteiger partial charge in [-0.3, -0.25) is 4.79 Å². The number of carbonyl (C=O) groups is 1. The number of sulfonamides is 1. The van der Waals surface area contributed by atoms with Gasteiger partial charge in [0.1, 0.15) is 0 Å². The first-order valence-electron chi connectivity index (χ1n) is 9.08. The summed E-state index contributed by atoms with van der Waals surface area (Å²) in [6.45, 7) is 5.14. The van der Waals surface area contributed by atoms with Crippen LogP contribution in [0.1, 0.15) is 19.4 Å². The maximum atomic E-state index is 12.7. The van der Waals surface area contributed by atoms with Crippen LogP contribution >= 0.6 is 11.8 Å². The lowest BCUT2D eigenvalue weighted by Crippen LogP contribution is -2.31. The topological polar surface area (TPSA) is 57.7 Å². The zero-order valence-electron chi connectivity index (χ0n) is 15.6. The Morgan fingerprint density at radius 1 is 1.11 bits per heavy atom. The Labute approximate surface area is 165 Å². The lowest BCUT2D eigenvalue weighted by atomic mass is 10.2. The van der Waals surface area contributed by atoms with Crippen LogP contribution in [0.25, 0.3) is 0 Å². The quantitative estimate of drug-likeness (QED) is 0.664. The van der Waals surface area contributed by atoms with E-state index in [0.717, 1.165) is 16.1 Å². The van der Waals surface area contributed by atoms with Gasteiger partial charge in [0.2, 0.25) is 15.9 Å². The van der Waals surface area contributed by atoms with Gasteiger partial charge < -0.3 is 4.90 Å². The second-order valence-corrected chi connectivity index (χ2v) is 9.26. The number of carbonyl (C=O) groups excluding carboxylic acids is 1. The van der Waals surface area contributed by atoms with E-state index in [1.54, 1.807) is 23.1 Å². The highest BCUT2D eigenvalue weighted by Gasteiger charge is 2.28. The number of fused-ring (bicyclic) bond motifs is 1. The van der Waals surface area contributed by atoms with Crippen molar-refractivity contribution in [3.05, 3.63) is 54.1 Å². The Kier molecular flexibility index (Phi) is 6.24. The number of rotatable bonds is 7. The summed E-state index contributed by atoms with van der Waals surface area (Å²) in [5.74, 6) is 0.408. The molecule has 5 nitrogen and oxygen atoms in total. The first-order valence-corrected chi connectivity index (χ1v) is 11.5. The average molecular weight is 405 g/mol. The molecule has 0 unspecified atom stereocenters. The number of hydrogen-bond donors (Lipinski definition) is 0. The SMILES string of the molecule is CCN(CC)S(=O)(=O)c1ccc2c(c1)CCN2C(=O)CSc1ccccc1. The van der Waals surface area contributed by atoms with Gasteiger partial charge in [-0.2, -0.15) is 4.31 Å². The van der Waals surface area contributed by atoms with E-state index in [-0.39, 0.29) is 5.91 Å². The van der Waals surface area contributed by atoms with Crippen molar-refractivity contribution in [2.24, 2.45) is 0 Å². The number of anilines is 1. The smallest absolute Gasteiger partial charge is 0.243 e. The van der Waals surface area contributed by atoms with Gasteiger partial charge in [-0.1, -0.05) is 32.0 Å². The van der Waals surface area contributed by atoms with Crippen LogP contribution in [-0.4, -0.2) is 44.0 Å². The molecule has 0 aliphatic carbocycles. The molecule has 0 saturated carbocycles. The summed E-state index contributed by atoms with van der Waals surface area (Å²) in [4.78, 5) is 15.8. The summed E-state index contributed by atoms with van der Waals surface area (Å²) in [5.41, 5.74) is 1.74. The van der Waals surface area contributed by atoms with Gasteiger partial charge in [0.25, 0.3) is 0 Å². The predicted octanol–water partition coefficient (Wildman–Crippen LogP) is 3.40. The second kappa shape index (κ2) is 8.46. The summed E-state index contributed by atoms with van der Waals surface area (Å²) in [6, 6.07) is 14.9. The van der Waals surface area contributed by atoms with E-state index < -0.39 is 10.0 Å². The Morgan fingerprint density at radius 2 is 1.81 bits per heavy atom. The number of benzene rings is 2. The molecule has 0 N–H and O–H groups in total. The van der Waals surface area contributed by atoms with Crippen LogP contribution in [0.4, 0.5) is 5.69 Å². The third-order valence-electron chi connectivity index (χ3n) is 4.70. The van der Waals surface area contributed by atoms with Crippen LogP contribution in [-0.2, 0) is 21.2 Å². The lowest BCUT2D eigenvalue weighted by Gasteiger charge is -2.20. The zero-order chi connectivity index (χ0) is 19.4. The van der Waals surface area contributed by atoms with E-state index in [2.05, 4.69) is 0 Å². The van der Waals surface area contributed by atoms with Gasteiger partial charge in [0.05, 0.1) is 10.6 Å². The van der Waals surface area contributed by atoms with Crippen LogP contribution in [0.2, 0.25) is 0 Å². The lowest BCUT2D eigenvalue weighted by molar-refractivity contribution is -0.116. The fourth-order valence-corrected chi connectivity index (χ4v) is 5.55. The molecule has 1 aliphatic heterocycles. The second-order valence-electron chi connectivity index (χ2n) is 6.28. The average Bonchev–Trinajstić information content (AvgIpc) is 3.11. The minimum Gasteiger partial charge on any atom is -0.311 e. The molecule has 1 amide bonds. The van der Waals surface area contributed by atoms with Crippen LogP contribution < -0.4 is 4.90 Å². The normalized spacial score (nSPS) is 13.8. The van der Waals surface area contributed by atoms with Gasteiger partial charge >= 0.3 is 0 Å². The third kappa shape index (κ3) is 4.20. The number of nitrogens with zero attached hydrogens (tertiary/aromatic N) is 2. The van der Waals surface area contributed by atoms with Gasteiger partial charge in [-0.05, 0) is 42.3 Å². The molecule has 0 spiro atoms. The first-order chi connectivity index (χ1) is 13.0. The Bertz CT molecular complexity index is 910. The Balaban J connectivity index is 1.75. The van der Waals surface area contributed by atoms with Crippen molar-refractivity contribution in [3.8, 4) is 0 Å². The molecule has 0 bridgehead atoms.